The minimum atomic E-state index is -2.53. The number of nitrogens with two attached hydrogens (primary N) is 1. The van der Waals surface area contributed by atoms with E-state index in [4.69, 9.17) is 5.73 Å². The van der Waals surface area contributed by atoms with Crippen LogP contribution in [-0.4, -0.2) is 16.4 Å². The number of alkyl halides is 3. The van der Waals surface area contributed by atoms with Gasteiger partial charge in [-0.3, -0.25) is 0 Å². The Hall–Kier alpha value is 0.550. The summed E-state index contributed by atoms with van der Waals surface area (Å²) in [6, 6.07) is 0. The summed E-state index contributed by atoms with van der Waals surface area (Å²) in [7, 11) is 0. The maximum atomic E-state index is 13.3. The summed E-state index contributed by atoms with van der Waals surface area (Å²) in [6.07, 6.45) is 0.738. The van der Waals surface area contributed by atoms with Gasteiger partial charge in [0.25, 0.3) is 0 Å². The second-order valence-electron chi connectivity index (χ2n) is 6.58. The third-order valence-corrected chi connectivity index (χ3v) is 2.82. The first kappa shape index (κ1) is 17.6. The molecule has 1 rings (SSSR count). The Kier molecular flexibility index (Phi) is 6.33. The molecule has 4 heteroatoms. The van der Waals surface area contributed by atoms with Gasteiger partial charge < -0.3 is 5.73 Å². The molecule has 1 unspecified atom stereocenters. The molecule has 0 spiro atoms. The molecule has 0 aromatic rings. The summed E-state index contributed by atoms with van der Waals surface area (Å²) >= 11 is 2.34. The third kappa shape index (κ3) is 7.54. The van der Waals surface area contributed by atoms with E-state index in [9.17, 15) is 8.78 Å². The number of hydrogen-bond donors (Lipinski definition) is 1. The van der Waals surface area contributed by atoms with Crippen molar-refractivity contribution in [2.45, 2.75) is 63.7 Å². The summed E-state index contributed by atoms with van der Waals surface area (Å²) in [5.41, 5.74) is 4.88. The molecule has 0 heterocycles. The van der Waals surface area contributed by atoms with E-state index in [0.29, 0.717) is 6.54 Å². The summed E-state index contributed by atoms with van der Waals surface area (Å²) in [6.45, 7) is 10.3. The molecular weight excluding hydrogens is 335 g/mol. The highest BCUT2D eigenvalue weighted by Gasteiger charge is 2.49. The van der Waals surface area contributed by atoms with E-state index in [2.05, 4.69) is 36.4 Å². The van der Waals surface area contributed by atoms with Gasteiger partial charge >= 0.3 is 0 Å². The van der Waals surface area contributed by atoms with Crippen LogP contribution in [0.4, 0.5) is 8.78 Å². The fourth-order valence-corrected chi connectivity index (χ4v) is 2.81. The molecule has 1 nitrogen and oxygen atoms in total. The van der Waals surface area contributed by atoms with Crippen LogP contribution in [0.5, 0.6) is 0 Å². The Bertz CT molecular complexity index is 221. The lowest BCUT2D eigenvalue weighted by Crippen LogP contribution is -2.45. The molecule has 0 amide bonds. The van der Waals surface area contributed by atoms with E-state index < -0.39 is 5.92 Å². The number of halogens is 3. The molecule has 0 aliphatic heterocycles. The zero-order valence-corrected chi connectivity index (χ0v) is 13.8. The first-order valence-corrected chi connectivity index (χ1v) is 7.38. The minimum Gasteiger partial charge on any atom is -0.330 e. The Labute approximate surface area is 118 Å². The van der Waals surface area contributed by atoms with Gasteiger partial charge in [-0.1, -0.05) is 57.2 Å². The largest absolute Gasteiger partial charge is 0.330 e. The lowest BCUT2D eigenvalue weighted by atomic mass is 9.63. The molecule has 1 fully saturated rings. The quantitative estimate of drug-likeness (QED) is 0.535. The zero-order valence-electron chi connectivity index (χ0n) is 11.6. The highest BCUT2D eigenvalue weighted by Crippen LogP contribution is 2.51. The van der Waals surface area contributed by atoms with Crippen LogP contribution in [0.15, 0.2) is 0 Å². The second kappa shape index (κ2) is 6.13. The predicted octanol–water partition coefficient (Wildman–Crippen LogP) is 4.63. The first-order valence-electron chi connectivity index (χ1n) is 6.13. The SMILES string of the molecule is CC(C)I.CC1(C)CC(F)(F)CC(C)(CN)C1. The summed E-state index contributed by atoms with van der Waals surface area (Å²) in [5.74, 6) is -2.53. The van der Waals surface area contributed by atoms with Gasteiger partial charge in [0.2, 0.25) is 5.92 Å². The summed E-state index contributed by atoms with van der Waals surface area (Å²) in [4.78, 5) is 0. The van der Waals surface area contributed by atoms with Gasteiger partial charge in [-0.2, -0.15) is 0 Å². The average Bonchev–Trinajstić information content (AvgIpc) is 1.95. The van der Waals surface area contributed by atoms with Gasteiger partial charge in [0.05, 0.1) is 0 Å². The Balaban J connectivity index is 0.000000557. The van der Waals surface area contributed by atoms with Crippen LogP contribution in [0.2, 0.25) is 0 Å². The van der Waals surface area contributed by atoms with Crippen LogP contribution in [-0.2, 0) is 0 Å². The maximum Gasteiger partial charge on any atom is 0.249 e. The molecule has 0 saturated heterocycles. The molecule has 0 bridgehead atoms. The third-order valence-electron chi connectivity index (χ3n) is 2.82. The van der Waals surface area contributed by atoms with Gasteiger partial charge in [-0.05, 0) is 23.8 Å². The maximum absolute atomic E-state index is 13.3. The van der Waals surface area contributed by atoms with Gasteiger partial charge in [-0.25, -0.2) is 8.78 Å². The van der Waals surface area contributed by atoms with Gasteiger partial charge in [-0.15, -0.1) is 0 Å². The topological polar surface area (TPSA) is 26.0 Å². The fraction of sp³-hybridized carbons (Fsp3) is 1.00. The molecule has 104 valence electrons. The van der Waals surface area contributed by atoms with Crippen molar-refractivity contribution in [3.63, 3.8) is 0 Å². The molecule has 17 heavy (non-hydrogen) atoms. The summed E-state index contributed by atoms with van der Waals surface area (Å²) < 4.78 is 27.5. The van der Waals surface area contributed by atoms with Gasteiger partial charge in [0.1, 0.15) is 0 Å². The fourth-order valence-electron chi connectivity index (χ4n) is 2.81. The normalized spacial score (nSPS) is 30.7. The lowest BCUT2D eigenvalue weighted by Gasteiger charge is -2.45. The zero-order chi connectivity index (χ0) is 13.9. The van der Waals surface area contributed by atoms with Gasteiger partial charge in [0.15, 0.2) is 0 Å². The summed E-state index contributed by atoms with van der Waals surface area (Å²) in [5, 5.41) is 0. The lowest BCUT2D eigenvalue weighted by molar-refractivity contribution is -0.118. The molecule has 0 aromatic heterocycles. The van der Waals surface area contributed by atoms with E-state index in [0.717, 1.165) is 10.3 Å². The van der Waals surface area contributed by atoms with Crippen LogP contribution in [0, 0.1) is 10.8 Å². The van der Waals surface area contributed by atoms with E-state index in [1.807, 2.05) is 20.8 Å². The van der Waals surface area contributed by atoms with E-state index >= 15 is 0 Å². The minimum absolute atomic E-state index is 0.00437. The molecule has 1 saturated carbocycles. The van der Waals surface area contributed by atoms with Gasteiger partial charge in [0, 0.05) is 16.8 Å². The molecule has 1 aliphatic carbocycles. The van der Waals surface area contributed by atoms with Crippen molar-refractivity contribution in [1.82, 2.24) is 0 Å². The molecule has 2 N–H and O–H groups in total. The van der Waals surface area contributed by atoms with Crippen LogP contribution in [0.25, 0.3) is 0 Å². The van der Waals surface area contributed by atoms with Crippen molar-refractivity contribution in [1.29, 1.82) is 0 Å². The molecular formula is C13H26F2IN. The molecule has 0 radical (unpaired) electrons. The van der Waals surface area contributed by atoms with E-state index in [-0.39, 0.29) is 23.7 Å². The molecule has 1 atom stereocenters. The van der Waals surface area contributed by atoms with Crippen LogP contribution in [0.1, 0.15) is 53.9 Å². The van der Waals surface area contributed by atoms with Crippen molar-refractivity contribution in [2.24, 2.45) is 16.6 Å². The number of hydrogen-bond acceptors (Lipinski definition) is 1. The smallest absolute Gasteiger partial charge is 0.249 e. The standard InChI is InChI=1S/C10H19F2N.C3H7I/c1-8(2)4-9(3,7-13)6-10(11,12)5-8;1-3(2)4/h4-7,13H2,1-3H3;3H,1-2H3. The molecule has 1 aliphatic rings. The van der Waals surface area contributed by atoms with Crippen molar-refractivity contribution >= 4 is 22.6 Å². The molecule has 0 aromatic carbocycles. The van der Waals surface area contributed by atoms with Crippen molar-refractivity contribution < 1.29 is 8.78 Å². The predicted molar refractivity (Wildman–Crippen MR) is 78.9 cm³/mol. The highest BCUT2D eigenvalue weighted by molar-refractivity contribution is 14.1. The van der Waals surface area contributed by atoms with Crippen LogP contribution in [0.3, 0.4) is 0 Å². The van der Waals surface area contributed by atoms with Crippen molar-refractivity contribution in [3.05, 3.63) is 0 Å². The monoisotopic (exact) mass is 361 g/mol. The van der Waals surface area contributed by atoms with E-state index in [1.165, 1.54) is 0 Å². The van der Waals surface area contributed by atoms with Crippen LogP contribution < -0.4 is 5.73 Å². The second-order valence-corrected chi connectivity index (χ2v) is 9.07. The Morgan fingerprint density at radius 1 is 1.12 bits per heavy atom. The highest BCUT2D eigenvalue weighted by atomic mass is 127. The Morgan fingerprint density at radius 3 is 1.82 bits per heavy atom. The Morgan fingerprint density at radius 2 is 1.53 bits per heavy atom. The van der Waals surface area contributed by atoms with Crippen LogP contribution >= 0.6 is 22.6 Å². The van der Waals surface area contributed by atoms with E-state index in [1.54, 1.807) is 0 Å². The average molecular weight is 361 g/mol. The first-order chi connectivity index (χ1) is 7.41. The number of rotatable bonds is 1. The van der Waals surface area contributed by atoms with Crippen molar-refractivity contribution in [2.75, 3.05) is 6.54 Å². The van der Waals surface area contributed by atoms with Crippen molar-refractivity contribution in [3.8, 4) is 0 Å².